The van der Waals surface area contributed by atoms with Crippen LogP contribution in [0.2, 0.25) is 0 Å². The molecule has 84 valence electrons. The van der Waals surface area contributed by atoms with Crippen LogP contribution < -0.4 is 5.32 Å². The van der Waals surface area contributed by atoms with E-state index in [4.69, 9.17) is 0 Å². The Morgan fingerprint density at radius 3 is 2.80 bits per heavy atom. The second-order valence-corrected chi connectivity index (χ2v) is 5.33. The van der Waals surface area contributed by atoms with Gasteiger partial charge in [0.15, 0.2) is 0 Å². The Balaban J connectivity index is 1.57. The highest BCUT2D eigenvalue weighted by Crippen LogP contribution is 2.34. The molecule has 0 amide bonds. The van der Waals surface area contributed by atoms with E-state index < -0.39 is 0 Å². The molecule has 2 fully saturated rings. The maximum atomic E-state index is 3.69. The summed E-state index contributed by atoms with van der Waals surface area (Å²) in [6.45, 7) is 3.78. The van der Waals surface area contributed by atoms with Gasteiger partial charge < -0.3 is 5.32 Å². The van der Waals surface area contributed by atoms with E-state index in [0.29, 0.717) is 0 Å². The molecule has 2 nitrogen and oxygen atoms in total. The van der Waals surface area contributed by atoms with E-state index in [-0.39, 0.29) is 0 Å². The maximum Gasteiger partial charge on any atom is 0.0223 e. The molecule has 15 heavy (non-hydrogen) atoms. The van der Waals surface area contributed by atoms with Gasteiger partial charge in [0, 0.05) is 31.7 Å². The molecule has 0 aromatic carbocycles. The van der Waals surface area contributed by atoms with Gasteiger partial charge in [-0.2, -0.15) is 0 Å². The fraction of sp³-hybridized carbons (Fsp3) is 0.846. The van der Waals surface area contributed by atoms with Crippen molar-refractivity contribution in [3.63, 3.8) is 0 Å². The summed E-state index contributed by atoms with van der Waals surface area (Å²) in [6.07, 6.45) is 11.6. The Morgan fingerprint density at radius 1 is 1.13 bits per heavy atom. The van der Waals surface area contributed by atoms with E-state index >= 15 is 0 Å². The third-order valence-electron chi connectivity index (χ3n) is 4.19. The molecule has 2 aliphatic carbocycles. The standard InChI is InChI=1S/C13H22N2/c1-2-4-12(5-3-1)15-9-8-14-13(10-15)11-6-7-11/h1-2,11-14H,3-10H2. The molecule has 2 atom stereocenters. The Morgan fingerprint density at radius 2 is 2.07 bits per heavy atom. The molecule has 0 radical (unpaired) electrons. The summed E-state index contributed by atoms with van der Waals surface area (Å²) in [5.74, 6) is 1.01. The van der Waals surface area contributed by atoms with Crippen molar-refractivity contribution in [3.8, 4) is 0 Å². The first-order valence-electron chi connectivity index (χ1n) is 6.56. The number of piperazine rings is 1. The second-order valence-electron chi connectivity index (χ2n) is 5.33. The van der Waals surface area contributed by atoms with Crippen LogP contribution >= 0.6 is 0 Å². The molecule has 0 bridgehead atoms. The average Bonchev–Trinajstić information content (AvgIpc) is 3.14. The van der Waals surface area contributed by atoms with Crippen molar-refractivity contribution in [3.05, 3.63) is 12.2 Å². The largest absolute Gasteiger partial charge is 0.311 e. The minimum atomic E-state index is 0.810. The van der Waals surface area contributed by atoms with Crippen molar-refractivity contribution >= 4 is 0 Å². The van der Waals surface area contributed by atoms with Gasteiger partial charge in [0.25, 0.3) is 0 Å². The molecule has 1 heterocycles. The van der Waals surface area contributed by atoms with Crippen molar-refractivity contribution in [2.45, 2.75) is 44.2 Å². The molecule has 1 aliphatic heterocycles. The lowest BCUT2D eigenvalue weighted by Crippen LogP contribution is -2.54. The zero-order valence-corrected chi connectivity index (χ0v) is 9.49. The maximum absolute atomic E-state index is 3.69. The molecule has 1 saturated carbocycles. The molecule has 1 saturated heterocycles. The predicted molar refractivity (Wildman–Crippen MR) is 62.9 cm³/mol. The molecular formula is C13H22N2. The van der Waals surface area contributed by atoms with Gasteiger partial charge >= 0.3 is 0 Å². The highest BCUT2D eigenvalue weighted by atomic mass is 15.2. The van der Waals surface area contributed by atoms with Crippen LogP contribution in [0.15, 0.2) is 12.2 Å². The highest BCUT2D eigenvalue weighted by molar-refractivity contribution is 4.97. The monoisotopic (exact) mass is 206 g/mol. The first-order valence-corrected chi connectivity index (χ1v) is 6.56. The van der Waals surface area contributed by atoms with Crippen molar-refractivity contribution in [1.29, 1.82) is 0 Å². The third-order valence-corrected chi connectivity index (χ3v) is 4.19. The average molecular weight is 206 g/mol. The van der Waals surface area contributed by atoms with E-state index in [1.165, 1.54) is 51.7 Å². The summed E-state index contributed by atoms with van der Waals surface area (Å²) >= 11 is 0. The van der Waals surface area contributed by atoms with Crippen molar-refractivity contribution in [2.24, 2.45) is 5.92 Å². The quantitative estimate of drug-likeness (QED) is 0.693. The van der Waals surface area contributed by atoms with E-state index in [0.717, 1.165) is 18.0 Å². The van der Waals surface area contributed by atoms with Crippen LogP contribution in [-0.2, 0) is 0 Å². The first-order chi connectivity index (χ1) is 7.43. The van der Waals surface area contributed by atoms with Gasteiger partial charge in [0.1, 0.15) is 0 Å². The van der Waals surface area contributed by atoms with Crippen molar-refractivity contribution < 1.29 is 0 Å². The molecule has 0 aromatic rings. The van der Waals surface area contributed by atoms with E-state index in [9.17, 15) is 0 Å². The lowest BCUT2D eigenvalue weighted by molar-refractivity contribution is 0.128. The van der Waals surface area contributed by atoms with Gasteiger partial charge in [-0.3, -0.25) is 4.90 Å². The fourth-order valence-electron chi connectivity index (χ4n) is 3.06. The number of rotatable bonds is 2. The molecule has 0 spiro atoms. The van der Waals surface area contributed by atoms with E-state index in [2.05, 4.69) is 22.4 Å². The SMILES string of the molecule is C1=CCC(N2CCNC(C3CC3)C2)CC1. The van der Waals surface area contributed by atoms with Gasteiger partial charge in [0.2, 0.25) is 0 Å². The number of allylic oxidation sites excluding steroid dienone is 1. The summed E-state index contributed by atoms with van der Waals surface area (Å²) in [5, 5.41) is 3.69. The summed E-state index contributed by atoms with van der Waals surface area (Å²) in [7, 11) is 0. The molecule has 3 aliphatic rings. The normalized spacial score (nSPS) is 38.1. The number of nitrogens with zero attached hydrogens (tertiary/aromatic N) is 1. The minimum absolute atomic E-state index is 0.810. The van der Waals surface area contributed by atoms with Crippen LogP contribution in [-0.4, -0.2) is 36.6 Å². The lowest BCUT2D eigenvalue weighted by atomic mass is 9.98. The summed E-state index contributed by atoms with van der Waals surface area (Å²) in [4.78, 5) is 2.74. The first kappa shape index (κ1) is 9.86. The molecular weight excluding hydrogens is 184 g/mol. The third kappa shape index (κ3) is 2.26. The fourth-order valence-corrected chi connectivity index (χ4v) is 3.06. The minimum Gasteiger partial charge on any atom is -0.311 e. The van der Waals surface area contributed by atoms with Crippen LogP contribution in [0.4, 0.5) is 0 Å². The molecule has 2 unspecified atom stereocenters. The molecule has 0 aromatic heterocycles. The second kappa shape index (κ2) is 4.26. The Kier molecular flexibility index (Phi) is 2.80. The predicted octanol–water partition coefficient (Wildman–Crippen LogP) is 1.78. The number of hydrogen-bond acceptors (Lipinski definition) is 2. The zero-order valence-electron chi connectivity index (χ0n) is 9.49. The Hall–Kier alpha value is -0.340. The van der Waals surface area contributed by atoms with Crippen LogP contribution in [0, 0.1) is 5.92 Å². The highest BCUT2D eigenvalue weighted by Gasteiger charge is 2.35. The zero-order chi connectivity index (χ0) is 10.1. The summed E-state index contributed by atoms with van der Waals surface area (Å²) in [6, 6.07) is 1.66. The Bertz CT molecular complexity index is 245. The van der Waals surface area contributed by atoms with Gasteiger partial charge in [-0.05, 0) is 38.0 Å². The number of hydrogen-bond donors (Lipinski definition) is 1. The van der Waals surface area contributed by atoms with Gasteiger partial charge in [-0.25, -0.2) is 0 Å². The molecule has 1 N–H and O–H groups in total. The molecule has 2 heteroatoms. The van der Waals surface area contributed by atoms with Crippen LogP contribution in [0.1, 0.15) is 32.1 Å². The van der Waals surface area contributed by atoms with Crippen LogP contribution in [0.5, 0.6) is 0 Å². The van der Waals surface area contributed by atoms with Gasteiger partial charge in [0.05, 0.1) is 0 Å². The van der Waals surface area contributed by atoms with Crippen LogP contribution in [0.25, 0.3) is 0 Å². The smallest absolute Gasteiger partial charge is 0.0223 e. The summed E-state index contributed by atoms with van der Waals surface area (Å²) in [5.41, 5.74) is 0. The van der Waals surface area contributed by atoms with Crippen molar-refractivity contribution in [2.75, 3.05) is 19.6 Å². The van der Waals surface area contributed by atoms with E-state index in [1.807, 2.05) is 0 Å². The van der Waals surface area contributed by atoms with E-state index in [1.54, 1.807) is 0 Å². The van der Waals surface area contributed by atoms with Gasteiger partial charge in [-0.1, -0.05) is 12.2 Å². The summed E-state index contributed by atoms with van der Waals surface area (Å²) < 4.78 is 0. The van der Waals surface area contributed by atoms with Gasteiger partial charge in [-0.15, -0.1) is 0 Å². The molecule has 3 rings (SSSR count). The Labute approximate surface area is 92.7 Å². The number of nitrogens with one attached hydrogen (secondary N) is 1. The topological polar surface area (TPSA) is 15.3 Å². The van der Waals surface area contributed by atoms with Crippen LogP contribution in [0.3, 0.4) is 0 Å². The van der Waals surface area contributed by atoms with Crippen molar-refractivity contribution in [1.82, 2.24) is 10.2 Å². The lowest BCUT2D eigenvalue weighted by Gasteiger charge is -2.39.